The van der Waals surface area contributed by atoms with Gasteiger partial charge in [0.1, 0.15) is 0 Å². The molecule has 3 rings (SSSR count). The van der Waals surface area contributed by atoms with Crippen LogP contribution in [0.4, 0.5) is 0 Å². The number of fused-ring (bicyclic) bond motifs is 1. The molecule has 0 unspecified atom stereocenters. The van der Waals surface area contributed by atoms with Crippen LogP contribution in [0.15, 0.2) is 66.1 Å². The first-order chi connectivity index (χ1) is 12.2. The van der Waals surface area contributed by atoms with Gasteiger partial charge in [-0.15, -0.1) is 0 Å². The first kappa shape index (κ1) is 16.4. The van der Waals surface area contributed by atoms with Gasteiger partial charge >= 0.3 is 0 Å². The van der Waals surface area contributed by atoms with Crippen molar-refractivity contribution in [1.29, 1.82) is 0 Å². The molecule has 1 aromatic carbocycles. The number of hydrogen-bond donors (Lipinski definition) is 3. The zero-order valence-electron chi connectivity index (χ0n) is 13.9. The molecule has 0 bridgehead atoms. The maximum absolute atomic E-state index is 12.2. The Balaban J connectivity index is 1.76. The monoisotopic (exact) mass is 333 g/mol. The summed E-state index contributed by atoms with van der Waals surface area (Å²) in [5.74, 6) is -0.161. The maximum atomic E-state index is 12.2. The van der Waals surface area contributed by atoms with Gasteiger partial charge in [0, 0.05) is 41.5 Å². The van der Waals surface area contributed by atoms with Crippen LogP contribution in [0.3, 0.4) is 0 Å². The molecule has 1 amide bonds. The summed E-state index contributed by atoms with van der Waals surface area (Å²) in [5, 5.41) is 3.88. The van der Waals surface area contributed by atoms with Gasteiger partial charge in [-0.05, 0) is 36.5 Å². The van der Waals surface area contributed by atoms with Crippen molar-refractivity contribution < 1.29 is 4.79 Å². The Kier molecular flexibility index (Phi) is 4.89. The fourth-order valence-corrected chi connectivity index (χ4v) is 2.59. The molecule has 25 heavy (non-hydrogen) atoms. The minimum atomic E-state index is -0.161. The molecule has 126 valence electrons. The zero-order valence-corrected chi connectivity index (χ0v) is 13.9. The van der Waals surface area contributed by atoms with Crippen LogP contribution in [0.2, 0.25) is 0 Å². The van der Waals surface area contributed by atoms with Crippen molar-refractivity contribution in [3.8, 4) is 11.3 Å². The third kappa shape index (κ3) is 3.58. The minimum Gasteiger partial charge on any atom is -0.405 e. The van der Waals surface area contributed by atoms with Crippen LogP contribution in [0.5, 0.6) is 0 Å². The molecule has 4 N–H and O–H groups in total. The van der Waals surface area contributed by atoms with E-state index in [0.29, 0.717) is 17.8 Å². The van der Waals surface area contributed by atoms with Crippen molar-refractivity contribution in [1.82, 2.24) is 15.3 Å². The lowest BCUT2D eigenvalue weighted by atomic mass is 10.1. The number of aromatic nitrogens is 2. The molecule has 0 radical (unpaired) electrons. The Morgan fingerprint density at radius 1 is 1.28 bits per heavy atom. The first-order valence-electron chi connectivity index (χ1n) is 7.87. The molecular formula is C19H19N5O. The number of benzene rings is 1. The Morgan fingerprint density at radius 3 is 2.80 bits per heavy atom. The van der Waals surface area contributed by atoms with Crippen molar-refractivity contribution in [3.63, 3.8) is 0 Å². The molecule has 2 heterocycles. The van der Waals surface area contributed by atoms with Crippen molar-refractivity contribution in [3.05, 3.63) is 66.6 Å². The fraction of sp³-hybridized carbons (Fsp3) is 0.105. The third-order valence-corrected chi connectivity index (χ3v) is 3.91. The molecule has 0 saturated heterocycles. The lowest BCUT2D eigenvalue weighted by molar-refractivity contribution is 0.0959. The van der Waals surface area contributed by atoms with Crippen LogP contribution in [0, 0.1) is 0 Å². The van der Waals surface area contributed by atoms with Crippen LogP contribution in [-0.2, 0) is 0 Å². The molecule has 0 atom stereocenters. The molecule has 0 aliphatic rings. The van der Waals surface area contributed by atoms with E-state index in [4.69, 9.17) is 5.73 Å². The fourth-order valence-electron chi connectivity index (χ4n) is 2.59. The number of nitrogens with one attached hydrogen (secondary N) is 2. The van der Waals surface area contributed by atoms with Crippen LogP contribution in [0.25, 0.3) is 22.2 Å². The highest BCUT2D eigenvalue weighted by Crippen LogP contribution is 2.25. The Hall–Kier alpha value is -3.41. The molecule has 6 heteroatoms. The summed E-state index contributed by atoms with van der Waals surface area (Å²) < 4.78 is 0. The second kappa shape index (κ2) is 7.44. The lowest BCUT2D eigenvalue weighted by Gasteiger charge is -2.07. The van der Waals surface area contributed by atoms with Gasteiger partial charge in [0.25, 0.3) is 5.91 Å². The highest BCUT2D eigenvalue weighted by atomic mass is 16.1. The van der Waals surface area contributed by atoms with Crippen LogP contribution < -0.4 is 11.1 Å². The van der Waals surface area contributed by atoms with E-state index >= 15 is 0 Å². The predicted molar refractivity (Wildman–Crippen MR) is 101 cm³/mol. The quantitative estimate of drug-likeness (QED) is 0.626. The highest BCUT2D eigenvalue weighted by Gasteiger charge is 2.09. The molecule has 2 aromatic heterocycles. The number of carbonyl (C=O) groups excluding carboxylic acids is 1. The molecule has 0 aliphatic heterocycles. The summed E-state index contributed by atoms with van der Waals surface area (Å²) in [4.78, 5) is 23.9. The molecule has 0 aliphatic carbocycles. The second-order valence-corrected chi connectivity index (χ2v) is 5.43. The van der Waals surface area contributed by atoms with E-state index < -0.39 is 0 Å². The van der Waals surface area contributed by atoms with Gasteiger partial charge in [0.05, 0.1) is 18.0 Å². The maximum Gasteiger partial charge on any atom is 0.251 e. The third-order valence-electron chi connectivity index (χ3n) is 3.91. The number of nitrogens with zero attached hydrogens (tertiary/aromatic N) is 2. The van der Waals surface area contributed by atoms with Gasteiger partial charge in [-0.1, -0.05) is 12.1 Å². The smallest absolute Gasteiger partial charge is 0.251 e. The number of carbonyl (C=O) groups is 1. The molecule has 0 saturated carbocycles. The summed E-state index contributed by atoms with van der Waals surface area (Å²) >= 11 is 0. The van der Waals surface area contributed by atoms with E-state index in [1.54, 1.807) is 31.5 Å². The van der Waals surface area contributed by atoms with E-state index in [-0.39, 0.29) is 5.91 Å². The van der Waals surface area contributed by atoms with Crippen molar-refractivity contribution in [2.75, 3.05) is 13.6 Å². The average Bonchev–Trinajstić information content (AvgIpc) is 3.14. The van der Waals surface area contributed by atoms with Crippen LogP contribution >= 0.6 is 0 Å². The number of aliphatic imine (C=N–C) groups is 1. The van der Waals surface area contributed by atoms with E-state index in [1.807, 2.05) is 30.5 Å². The summed E-state index contributed by atoms with van der Waals surface area (Å²) in [5.41, 5.74) is 9.51. The molecule has 3 aromatic rings. The molecule has 0 fully saturated rings. The number of hydrogen-bond acceptors (Lipinski definition) is 4. The van der Waals surface area contributed by atoms with Crippen molar-refractivity contribution in [2.45, 2.75) is 0 Å². The standard InChI is InChI=1S/C19H19N5O/c1-21-15(6-9-20)12-24-19(25)14-4-2-13(3-5-14)18-16-7-10-22-17(16)8-11-23-18/h2-11,22H,12,20H2,1H3,(H,24,25). The lowest BCUT2D eigenvalue weighted by Crippen LogP contribution is -2.28. The van der Waals surface area contributed by atoms with E-state index in [0.717, 1.165) is 22.2 Å². The topological polar surface area (TPSA) is 96.2 Å². The van der Waals surface area contributed by atoms with Gasteiger partial charge in [-0.2, -0.15) is 0 Å². The number of aromatic amines is 1. The summed E-state index contributed by atoms with van der Waals surface area (Å²) in [6.45, 7) is 0.328. The largest absolute Gasteiger partial charge is 0.405 e. The number of amides is 1. The Morgan fingerprint density at radius 2 is 2.08 bits per heavy atom. The Labute approximate surface area is 145 Å². The SMILES string of the molecule is CN=C(C=CN)CNC(=O)c1ccc(-c2nccc3[nH]ccc23)cc1. The molecule has 0 spiro atoms. The van der Waals surface area contributed by atoms with Crippen LogP contribution in [-0.4, -0.2) is 35.2 Å². The van der Waals surface area contributed by atoms with Crippen molar-refractivity contribution in [2.24, 2.45) is 10.7 Å². The van der Waals surface area contributed by atoms with Gasteiger partial charge in [0.15, 0.2) is 0 Å². The van der Waals surface area contributed by atoms with Gasteiger partial charge in [0.2, 0.25) is 0 Å². The first-order valence-corrected chi connectivity index (χ1v) is 7.87. The molecule has 6 nitrogen and oxygen atoms in total. The van der Waals surface area contributed by atoms with Gasteiger partial charge < -0.3 is 16.0 Å². The number of H-pyrrole nitrogens is 1. The summed E-state index contributed by atoms with van der Waals surface area (Å²) in [7, 11) is 1.66. The van der Waals surface area contributed by atoms with E-state index in [1.165, 1.54) is 6.20 Å². The predicted octanol–water partition coefficient (Wildman–Crippen LogP) is 2.50. The van der Waals surface area contributed by atoms with Crippen LogP contribution in [0.1, 0.15) is 10.4 Å². The summed E-state index contributed by atoms with van der Waals surface area (Å²) in [6.07, 6.45) is 6.72. The zero-order chi connectivity index (χ0) is 17.6. The normalized spacial score (nSPS) is 12.0. The average molecular weight is 333 g/mol. The Bertz CT molecular complexity index is 938. The number of pyridine rings is 1. The van der Waals surface area contributed by atoms with Gasteiger partial charge in [-0.25, -0.2) is 0 Å². The minimum absolute atomic E-state index is 0.161. The highest BCUT2D eigenvalue weighted by molar-refractivity contribution is 6.02. The molecular weight excluding hydrogens is 314 g/mol. The number of nitrogens with two attached hydrogens (primary N) is 1. The van der Waals surface area contributed by atoms with E-state index in [2.05, 4.69) is 20.3 Å². The van der Waals surface area contributed by atoms with Gasteiger partial charge in [-0.3, -0.25) is 14.8 Å². The van der Waals surface area contributed by atoms with Crippen molar-refractivity contribution >= 4 is 22.5 Å². The van der Waals surface area contributed by atoms with E-state index in [9.17, 15) is 4.79 Å². The summed E-state index contributed by atoms with van der Waals surface area (Å²) in [6, 6.07) is 11.3. The second-order valence-electron chi connectivity index (χ2n) is 5.43. The number of rotatable bonds is 5.